The first-order valence-electron chi connectivity index (χ1n) is 7.64. The number of hydrogen-bond donors (Lipinski definition) is 1. The van der Waals surface area contributed by atoms with Crippen LogP contribution in [0.25, 0.3) is 0 Å². The van der Waals surface area contributed by atoms with E-state index in [1.807, 2.05) is 0 Å². The maximum absolute atomic E-state index is 9.04. The SMILES string of the molecule is CC1CNCC(CC#N)N(C2CCCCCC2)C1. The van der Waals surface area contributed by atoms with Gasteiger partial charge in [0.1, 0.15) is 0 Å². The highest BCUT2D eigenvalue weighted by molar-refractivity contribution is 4.91. The highest BCUT2D eigenvalue weighted by Crippen LogP contribution is 2.26. The summed E-state index contributed by atoms with van der Waals surface area (Å²) in [4.78, 5) is 2.67. The molecule has 0 aromatic carbocycles. The molecule has 2 atom stereocenters. The van der Waals surface area contributed by atoms with Crippen molar-refractivity contribution in [2.45, 2.75) is 64.0 Å². The van der Waals surface area contributed by atoms with Gasteiger partial charge in [-0.2, -0.15) is 5.26 Å². The van der Waals surface area contributed by atoms with Gasteiger partial charge in [0.15, 0.2) is 0 Å². The predicted molar refractivity (Wildman–Crippen MR) is 74.2 cm³/mol. The molecular formula is C15H27N3. The lowest BCUT2D eigenvalue weighted by Gasteiger charge is -2.36. The van der Waals surface area contributed by atoms with Crippen LogP contribution >= 0.6 is 0 Å². The number of nitrogens with one attached hydrogen (secondary N) is 1. The van der Waals surface area contributed by atoms with Crippen LogP contribution in [-0.2, 0) is 0 Å². The Balaban J connectivity index is 2.04. The molecule has 1 aliphatic heterocycles. The number of rotatable bonds is 2. The van der Waals surface area contributed by atoms with E-state index < -0.39 is 0 Å². The van der Waals surface area contributed by atoms with E-state index in [9.17, 15) is 0 Å². The van der Waals surface area contributed by atoms with Crippen LogP contribution < -0.4 is 5.32 Å². The fourth-order valence-corrected chi connectivity index (χ4v) is 3.52. The zero-order valence-electron chi connectivity index (χ0n) is 11.7. The van der Waals surface area contributed by atoms with Crippen molar-refractivity contribution >= 4 is 0 Å². The molecule has 1 heterocycles. The van der Waals surface area contributed by atoms with E-state index in [0.717, 1.165) is 19.1 Å². The topological polar surface area (TPSA) is 39.1 Å². The molecule has 18 heavy (non-hydrogen) atoms. The van der Waals surface area contributed by atoms with Crippen LogP contribution in [-0.4, -0.2) is 36.6 Å². The van der Waals surface area contributed by atoms with Gasteiger partial charge in [0.05, 0.1) is 12.5 Å². The summed E-state index contributed by atoms with van der Waals surface area (Å²) in [5, 5.41) is 12.6. The second-order valence-corrected chi connectivity index (χ2v) is 6.12. The third kappa shape index (κ3) is 3.70. The quantitative estimate of drug-likeness (QED) is 0.764. The van der Waals surface area contributed by atoms with E-state index in [2.05, 4.69) is 23.2 Å². The smallest absolute Gasteiger partial charge is 0.0638 e. The van der Waals surface area contributed by atoms with Gasteiger partial charge in [-0.05, 0) is 25.3 Å². The summed E-state index contributed by atoms with van der Waals surface area (Å²) in [7, 11) is 0. The second kappa shape index (κ2) is 7.11. The van der Waals surface area contributed by atoms with Crippen LogP contribution in [0.3, 0.4) is 0 Å². The van der Waals surface area contributed by atoms with Gasteiger partial charge in [-0.1, -0.05) is 32.6 Å². The van der Waals surface area contributed by atoms with E-state index in [1.54, 1.807) is 0 Å². The molecule has 0 radical (unpaired) electrons. The summed E-state index contributed by atoms with van der Waals surface area (Å²) in [5.41, 5.74) is 0. The fourth-order valence-electron chi connectivity index (χ4n) is 3.52. The van der Waals surface area contributed by atoms with Crippen LogP contribution in [0.1, 0.15) is 51.9 Å². The molecule has 2 aliphatic rings. The van der Waals surface area contributed by atoms with Crippen LogP contribution in [0.5, 0.6) is 0 Å². The van der Waals surface area contributed by atoms with Crippen molar-refractivity contribution in [3.05, 3.63) is 0 Å². The minimum atomic E-state index is 0.433. The third-order valence-electron chi connectivity index (χ3n) is 4.48. The Morgan fingerprint density at radius 1 is 1.17 bits per heavy atom. The van der Waals surface area contributed by atoms with Crippen LogP contribution in [0.15, 0.2) is 0 Å². The lowest BCUT2D eigenvalue weighted by molar-refractivity contribution is 0.119. The summed E-state index contributed by atoms with van der Waals surface area (Å²) in [6.45, 7) is 5.59. The second-order valence-electron chi connectivity index (χ2n) is 6.12. The van der Waals surface area contributed by atoms with Crippen LogP contribution in [0.2, 0.25) is 0 Å². The Bertz CT molecular complexity index is 276. The summed E-state index contributed by atoms with van der Waals surface area (Å²) < 4.78 is 0. The molecule has 2 fully saturated rings. The highest BCUT2D eigenvalue weighted by Gasteiger charge is 2.29. The molecule has 0 spiro atoms. The average Bonchev–Trinajstić information content (AvgIpc) is 2.71. The zero-order valence-corrected chi connectivity index (χ0v) is 11.7. The first-order chi connectivity index (χ1) is 8.81. The van der Waals surface area contributed by atoms with Gasteiger partial charge in [0.2, 0.25) is 0 Å². The summed E-state index contributed by atoms with van der Waals surface area (Å²) in [6, 6.07) is 3.55. The van der Waals surface area contributed by atoms with Gasteiger partial charge < -0.3 is 5.32 Å². The molecular weight excluding hydrogens is 222 g/mol. The van der Waals surface area contributed by atoms with Gasteiger partial charge in [-0.15, -0.1) is 0 Å². The summed E-state index contributed by atoms with van der Waals surface area (Å²) in [5.74, 6) is 0.706. The Morgan fingerprint density at radius 3 is 2.56 bits per heavy atom. The molecule has 0 amide bonds. The Labute approximate surface area is 112 Å². The van der Waals surface area contributed by atoms with Crippen molar-refractivity contribution in [1.29, 1.82) is 5.26 Å². The van der Waals surface area contributed by atoms with Gasteiger partial charge in [-0.3, -0.25) is 4.90 Å². The first kappa shape index (κ1) is 13.8. The molecule has 1 saturated carbocycles. The maximum atomic E-state index is 9.04. The Kier molecular flexibility index (Phi) is 5.46. The zero-order chi connectivity index (χ0) is 12.8. The predicted octanol–water partition coefficient (Wildman–Crippen LogP) is 2.53. The fraction of sp³-hybridized carbons (Fsp3) is 0.933. The average molecular weight is 249 g/mol. The van der Waals surface area contributed by atoms with E-state index in [0.29, 0.717) is 18.4 Å². The summed E-state index contributed by atoms with van der Waals surface area (Å²) >= 11 is 0. The van der Waals surface area contributed by atoms with Crippen molar-refractivity contribution in [2.24, 2.45) is 5.92 Å². The number of hydrogen-bond acceptors (Lipinski definition) is 3. The van der Waals surface area contributed by atoms with E-state index >= 15 is 0 Å². The van der Waals surface area contributed by atoms with Gasteiger partial charge in [0.25, 0.3) is 0 Å². The Morgan fingerprint density at radius 2 is 1.89 bits per heavy atom. The third-order valence-corrected chi connectivity index (χ3v) is 4.48. The van der Waals surface area contributed by atoms with Crippen LogP contribution in [0.4, 0.5) is 0 Å². The molecule has 1 saturated heterocycles. The van der Waals surface area contributed by atoms with Crippen molar-refractivity contribution in [3.8, 4) is 6.07 Å². The minimum Gasteiger partial charge on any atom is -0.315 e. The largest absolute Gasteiger partial charge is 0.315 e. The van der Waals surface area contributed by atoms with Crippen LogP contribution in [0, 0.1) is 17.2 Å². The number of nitrogens with zero attached hydrogens (tertiary/aromatic N) is 2. The monoisotopic (exact) mass is 249 g/mol. The lowest BCUT2D eigenvalue weighted by atomic mass is 10.0. The van der Waals surface area contributed by atoms with Crippen molar-refractivity contribution in [3.63, 3.8) is 0 Å². The highest BCUT2D eigenvalue weighted by atomic mass is 15.2. The standard InChI is InChI=1S/C15H27N3/c1-13-10-17-11-15(8-9-16)18(12-13)14-6-4-2-3-5-7-14/h13-15,17H,2-8,10-12H2,1H3. The van der Waals surface area contributed by atoms with Gasteiger partial charge in [0, 0.05) is 25.2 Å². The van der Waals surface area contributed by atoms with E-state index in [-0.39, 0.29) is 0 Å². The maximum Gasteiger partial charge on any atom is 0.0638 e. The normalized spacial score (nSPS) is 32.4. The molecule has 102 valence electrons. The van der Waals surface area contributed by atoms with Gasteiger partial charge in [-0.25, -0.2) is 0 Å². The number of nitriles is 1. The molecule has 0 aromatic heterocycles. The molecule has 0 bridgehead atoms. The first-order valence-corrected chi connectivity index (χ1v) is 7.64. The van der Waals surface area contributed by atoms with Crippen molar-refractivity contribution in [1.82, 2.24) is 10.2 Å². The molecule has 2 unspecified atom stereocenters. The molecule has 0 aromatic rings. The molecule has 3 nitrogen and oxygen atoms in total. The summed E-state index contributed by atoms with van der Waals surface area (Å²) in [6.07, 6.45) is 8.92. The van der Waals surface area contributed by atoms with Gasteiger partial charge >= 0.3 is 0 Å². The molecule has 1 aliphatic carbocycles. The van der Waals surface area contributed by atoms with Crippen molar-refractivity contribution < 1.29 is 0 Å². The minimum absolute atomic E-state index is 0.433. The van der Waals surface area contributed by atoms with Crippen molar-refractivity contribution in [2.75, 3.05) is 19.6 Å². The molecule has 1 N–H and O–H groups in total. The van der Waals surface area contributed by atoms with E-state index in [1.165, 1.54) is 45.1 Å². The molecule has 3 heteroatoms. The lowest BCUT2D eigenvalue weighted by Crippen LogP contribution is -2.46. The Hall–Kier alpha value is -0.590. The molecule has 2 rings (SSSR count). The van der Waals surface area contributed by atoms with E-state index in [4.69, 9.17) is 5.26 Å².